The Morgan fingerprint density at radius 3 is 2.88 bits per heavy atom. The Balaban J connectivity index is 2.39. The van der Waals surface area contributed by atoms with Gasteiger partial charge >= 0.3 is 0 Å². The lowest BCUT2D eigenvalue weighted by Gasteiger charge is -2.05. The lowest BCUT2D eigenvalue weighted by molar-refractivity contribution is 0.151. The first-order chi connectivity index (χ1) is 7.74. The largest absolute Gasteiger partial charge is 0.312 e. The van der Waals surface area contributed by atoms with Gasteiger partial charge < -0.3 is 5.32 Å². The Labute approximate surface area is 95.2 Å². The molecule has 0 bridgehead atoms. The fourth-order valence-corrected chi connectivity index (χ4v) is 1.42. The summed E-state index contributed by atoms with van der Waals surface area (Å²) in [5.74, 6) is 0. The molecule has 0 atom stereocenters. The van der Waals surface area contributed by atoms with Crippen molar-refractivity contribution in [1.29, 1.82) is 0 Å². The first-order valence-electron chi connectivity index (χ1n) is 5.43. The average molecular weight is 225 g/mol. The van der Waals surface area contributed by atoms with Crippen LogP contribution in [-0.4, -0.2) is 6.54 Å². The van der Waals surface area contributed by atoms with Crippen molar-refractivity contribution in [2.45, 2.75) is 26.3 Å². The molecule has 1 aromatic rings. The second-order valence-corrected chi connectivity index (χ2v) is 3.58. The van der Waals surface area contributed by atoms with E-state index in [9.17, 15) is 8.78 Å². The number of nitrogens with one attached hydrogen (secondary N) is 1. The van der Waals surface area contributed by atoms with Crippen LogP contribution in [0.5, 0.6) is 0 Å². The quantitative estimate of drug-likeness (QED) is 0.575. The van der Waals surface area contributed by atoms with Crippen molar-refractivity contribution in [3.8, 4) is 0 Å². The normalized spacial score (nSPS) is 11.5. The molecule has 0 heterocycles. The highest BCUT2D eigenvalue weighted by atomic mass is 19.3. The highest BCUT2D eigenvalue weighted by Gasteiger charge is 2.06. The van der Waals surface area contributed by atoms with E-state index >= 15 is 0 Å². The maximum absolute atomic E-state index is 12.4. The summed E-state index contributed by atoms with van der Waals surface area (Å²) < 4.78 is 24.8. The fraction of sp³-hybridized carbons (Fsp3) is 0.385. The van der Waals surface area contributed by atoms with Crippen LogP contribution in [0, 0.1) is 0 Å². The van der Waals surface area contributed by atoms with Crippen LogP contribution >= 0.6 is 0 Å². The van der Waals surface area contributed by atoms with E-state index in [-0.39, 0.29) is 5.56 Å². The molecule has 0 radical (unpaired) electrons. The van der Waals surface area contributed by atoms with Gasteiger partial charge in [0.05, 0.1) is 0 Å². The molecular formula is C13H17F2N. The first kappa shape index (κ1) is 12.8. The summed E-state index contributed by atoms with van der Waals surface area (Å²) in [6, 6.07) is 6.53. The molecular weight excluding hydrogens is 208 g/mol. The molecule has 0 unspecified atom stereocenters. The number of alkyl halides is 2. The second kappa shape index (κ2) is 7.12. The maximum Gasteiger partial charge on any atom is 0.263 e. The summed E-state index contributed by atoms with van der Waals surface area (Å²) in [5.41, 5.74) is 0.992. The summed E-state index contributed by atoms with van der Waals surface area (Å²) in [7, 11) is 0. The van der Waals surface area contributed by atoms with Gasteiger partial charge in [0.2, 0.25) is 0 Å². The van der Waals surface area contributed by atoms with E-state index in [1.54, 1.807) is 12.1 Å². The smallest absolute Gasteiger partial charge is 0.263 e. The molecule has 16 heavy (non-hydrogen) atoms. The molecule has 0 aromatic heterocycles. The summed E-state index contributed by atoms with van der Waals surface area (Å²) in [6.07, 6.45) is 2.65. The zero-order valence-electron chi connectivity index (χ0n) is 9.42. The van der Waals surface area contributed by atoms with Gasteiger partial charge in [-0.1, -0.05) is 30.4 Å². The van der Waals surface area contributed by atoms with E-state index in [1.807, 2.05) is 19.1 Å². The SMILES string of the molecule is C/C=C/CCNCc1cccc(C(F)F)c1. The van der Waals surface area contributed by atoms with Gasteiger partial charge in [-0.05, 0) is 31.5 Å². The highest BCUT2D eigenvalue weighted by Crippen LogP contribution is 2.19. The maximum atomic E-state index is 12.4. The van der Waals surface area contributed by atoms with E-state index in [0.29, 0.717) is 6.54 Å². The minimum absolute atomic E-state index is 0.0905. The Bertz CT molecular complexity index is 334. The standard InChI is InChI=1S/C13H17F2N/c1-2-3-4-8-16-10-11-6-5-7-12(9-11)13(14)15/h2-3,5-7,9,13,16H,4,8,10H2,1H3/b3-2+. The Hall–Kier alpha value is -1.22. The second-order valence-electron chi connectivity index (χ2n) is 3.58. The van der Waals surface area contributed by atoms with Crippen LogP contribution in [0.2, 0.25) is 0 Å². The van der Waals surface area contributed by atoms with Crippen LogP contribution in [0.1, 0.15) is 30.9 Å². The summed E-state index contributed by atoms with van der Waals surface area (Å²) in [6.45, 7) is 3.48. The van der Waals surface area contributed by atoms with Gasteiger partial charge in [-0.3, -0.25) is 0 Å². The summed E-state index contributed by atoms with van der Waals surface area (Å²) in [5, 5.41) is 3.21. The molecule has 0 aliphatic heterocycles. The van der Waals surface area contributed by atoms with Crippen molar-refractivity contribution >= 4 is 0 Å². The van der Waals surface area contributed by atoms with E-state index in [1.165, 1.54) is 6.07 Å². The average Bonchev–Trinajstić information content (AvgIpc) is 2.29. The molecule has 3 heteroatoms. The summed E-state index contributed by atoms with van der Waals surface area (Å²) >= 11 is 0. The molecule has 1 nitrogen and oxygen atoms in total. The number of hydrogen-bond acceptors (Lipinski definition) is 1. The molecule has 1 rings (SSSR count). The Kier molecular flexibility index (Phi) is 5.72. The van der Waals surface area contributed by atoms with E-state index < -0.39 is 6.43 Å². The van der Waals surface area contributed by atoms with Gasteiger partial charge in [-0.25, -0.2) is 8.78 Å². The van der Waals surface area contributed by atoms with Crippen LogP contribution in [0.15, 0.2) is 36.4 Å². The zero-order valence-corrected chi connectivity index (χ0v) is 9.42. The van der Waals surface area contributed by atoms with Crippen LogP contribution in [0.25, 0.3) is 0 Å². The lowest BCUT2D eigenvalue weighted by atomic mass is 10.1. The molecule has 0 fully saturated rings. The van der Waals surface area contributed by atoms with Crippen LogP contribution in [-0.2, 0) is 6.54 Å². The number of halogens is 2. The van der Waals surface area contributed by atoms with E-state index in [0.717, 1.165) is 18.5 Å². The van der Waals surface area contributed by atoms with Crippen molar-refractivity contribution in [3.05, 3.63) is 47.5 Å². The number of hydrogen-bond donors (Lipinski definition) is 1. The predicted octanol–water partition coefficient (Wildman–Crippen LogP) is 3.68. The predicted molar refractivity (Wildman–Crippen MR) is 62.5 cm³/mol. The molecule has 0 saturated carbocycles. The molecule has 1 aromatic carbocycles. The molecule has 0 aliphatic rings. The molecule has 0 aliphatic carbocycles. The molecule has 1 N–H and O–H groups in total. The van der Waals surface area contributed by atoms with Crippen LogP contribution in [0.3, 0.4) is 0 Å². The van der Waals surface area contributed by atoms with Crippen molar-refractivity contribution < 1.29 is 8.78 Å². The topological polar surface area (TPSA) is 12.0 Å². The summed E-state index contributed by atoms with van der Waals surface area (Å²) in [4.78, 5) is 0. The minimum atomic E-state index is -2.39. The first-order valence-corrected chi connectivity index (χ1v) is 5.43. The zero-order chi connectivity index (χ0) is 11.8. The van der Waals surface area contributed by atoms with Crippen molar-refractivity contribution in [2.24, 2.45) is 0 Å². The van der Waals surface area contributed by atoms with Gasteiger partial charge in [0.15, 0.2) is 0 Å². The van der Waals surface area contributed by atoms with Crippen LogP contribution < -0.4 is 5.32 Å². The van der Waals surface area contributed by atoms with Gasteiger partial charge in [0.1, 0.15) is 0 Å². The fourth-order valence-electron chi connectivity index (χ4n) is 1.42. The Morgan fingerprint density at radius 1 is 1.38 bits per heavy atom. The minimum Gasteiger partial charge on any atom is -0.312 e. The molecule has 0 amide bonds. The molecule has 0 spiro atoms. The number of benzene rings is 1. The van der Waals surface area contributed by atoms with E-state index in [2.05, 4.69) is 11.4 Å². The van der Waals surface area contributed by atoms with Gasteiger partial charge in [-0.2, -0.15) is 0 Å². The van der Waals surface area contributed by atoms with E-state index in [4.69, 9.17) is 0 Å². The Morgan fingerprint density at radius 2 is 2.19 bits per heavy atom. The third kappa shape index (κ3) is 4.53. The lowest BCUT2D eigenvalue weighted by Crippen LogP contribution is -2.14. The third-order valence-electron chi connectivity index (χ3n) is 2.26. The van der Waals surface area contributed by atoms with Gasteiger partial charge in [-0.15, -0.1) is 0 Å². The van der Waals surface area contributed by atoms with Gasteiger partial charge in [0.25, 0.3) is 6.43 Å². The van der Waals surface area contributed by atoms with Crippen molar-refractivity contribution in [3.63, 3.8) is 0 Å². The number of allylic oxidation sites excluding steroid dienone is 1. The molecule has 0 saturated heterocycles. The number of rotatable bonds is 6. The third-order valence-corrected chi connectivity index (χ3v) is 2.26. The molecule has 88 valence electrons. The van der Waals surface area contributed by atoms with Gasteiger partial charge in [0, 0.05) is 12.1 Å². The highest BCUT2D eigenvalue weighted by molar-refractivity contribution is 5.24. The van der Waals surface area contributed by atoms with Crippen molar-refractivity contribution in [1.82, 2.24) is 5.32 Å². The monoisotopic (exact) mass is 225 g/mol. The van der Waals surface area contributed by atoms with Crippen LogP contribution in [0.4, 0.5) is 8.78 Å². The van der Waals surface area contributed by atoms with Crippen molar-refractivity contribution in [2.75, 3.05) is 6.54 Å².